The second-order valence-corrected chi connectivity index (χ2v) is 9.14. The van der Waals surface area contributed by atoms with Crippen LogP contribution in [0.25, 0.3) is 0 Å². The molecule has 4 unspecified atom stereocenters. The van der Waals surface area contributed by atoms with Crippen molar-refractivity contribution in [2.24, 2.45) is 16.7 Å². The lowest BCUT2D eigenvalue weighted by Gasteiger charge is -2.49. The number of hydrogen-bond donors (Lipinski definition) is 1. The van der Waals surface area contributed by atoms with Crippen molar-refractivity contribution in [3.63, 3.8) is 0 Å². The highest BCUT2D eigenvalue weighted by molar-refractivity contribution is 5.89. The van der Waals surface area contributed by atoms with Crippen molar-refractivity contribution >= 4 is 5.91 Å². The first-order valence-electron chi connectivity index (χ1n) is 8.91. The SMILES string of the molecule is CC1NC2(CCCC2)C(=O)N1C1C2(C)CCC(C2)C1(C)C. The predicted octanol–water partition coefficient (Wildman–Crippen LogP) is 3.29. The van der Waals surface area contributed by atoms with Crippen LogP contribution in [0.2, 0.25) is 0 Å². The Bertz CT molecular complexity index is 475. The average molecular weight is 290 g/mol. The van der Waals surface area contributed by atoms with E-state index in [9.17, 15) is 4.79 Å². The summed E-state index contributed by atoms with van der Waals surface area (Å²) in [5.41, 5.74) is 0.389. The highest BCUT2D eigenvalue weighted by Crippen LogP contribution is 2.64. The fraction of sp³-hybridized carbons (Fsp3) is 0.944. The molecule has 0 aromatic carbocycles. The molecule has 4 rings (SSSR count). The van der Waals surface area contributed by atoms with E-state index in [1.807, 2.05) is 0 Å². The summed E-state index contributed by atoms with van der Waals surface area (Å²) in [7, 11) is 0. The van der Waals surface area contributed by atoms with E-state index in [0.717, 1.165) is 18.8 Å². The Balaban J connectivity index is 1.71. The summed E-state index contributed by atoms with van der Waals surface area (Å²) in [6.07, 6.45) is 8.66. The number of hydrogen-bond acceptors (Lipinski definition) is 2. The minimum atomic E-state index is -0.215. The number of nitrogens with one attached hydrogen (secondary N) is 1. The van der Waals surface area contributed by atoms with E-state index in [1.165, 1.54) is 32.1 Å². The Morgan fingerprint density at radius 1 is 1.14 bits per heavy atom. The van der Waals surface area contributed by atoms with E-state index >= 15 is 0 Å². The molecule has 0 radical (unpaired) electrons. The van der Waals surface area contributed by atoms with Crippen molar-refractivity contribution in [1.29, 1.82) is 0 Å². The maximum atomic E-state index is 13.3. The minimum absolute atomic E-state index is 0.205. The van der Waals surface area contributed by atoms with E-state index in [-0.39, 0.29) is 17.1 Å². The zero-order valence-electron chi connectivity index (χ0n) is 14.0. The Morgan fingerprint density at radius 2 is 1.81 bits per heavy atom. The van der Waals surface area contributed by atoms with Gasteiger partial charge in [0.1, 0.15) is 0 Å². The summed E-state index contributed by atoms with van der Waals surface area (Å²) < 4.78 is 0. The predicted molar refractivity (Wildman–Crippen MR) is 83.7 cm³/mol. The van der Waals surface area contributed by atoms with Crippen LogP contribution in [0.3, 0.4) is 0 Å². The normalized spacial score (nSPS) is 47.0. The van der Waals surface area contributed by atoms with Crippen molar-refractivity contribution < 1.29 is 4.79 Å². The number of nitrogens with zero attached hydrogens (tertiary/aromatic N) is 1. The molecular weight excluding hydrogens is 260 g/mol. The molecule has 4 fully saturated rings. The highest BCUT2D eigenvalue weighted by Gasteiger charge is 2.65. The molecule has 4 atom stereocenters. The van der Waals surface area contributed by atoms with Crippen molar-refractivity contribution in [3.8, 4) is 0 Å². The Hall–Kier alpha value is -0.570. The second kappa shape index (κ2) is 4.04. The summed E-state index contributed by atoms with van der Waals surface area (Å²) in [6, 6.07) is 0.415. The summed E-state index contributed by atoms with van der Waals surface area (Å²) in [6.45, 7) is 9.46. The first-order chi connectivity index (χ1) is 9.80. The Kier molecular flexibility index (Phi) is 2.70. The van der Waals surface area contributed by atoms with Gasteiger partial charge in [0.05, 0.1) is 11.7 Å². The zero-order chi connectivity index (χ0) is 15.0. The van der Waals surface area contributed by atoms with Gasteiger partial charge < -0.3 is 4.90 Å². The van der Waals surface area contributed by atoms with Gasteiger partial charge in [-0.3, -0.25) is 10.1 Å². The van der Waals surface area contributed by atoms with Crippen LogP contribution in [-0.2, 0) is 4.79 Å². The van der Waals surface area contributed by atoms with Gasteiger partial charge in [0.25, 0.3) is 0 Å². The van der Waals surface area contributed by atoms with Gasteiger partial charge in [-0.05, 0) is 55.8 Å². The maximum absolute atomic E-state index is 13.3. The molecule has 3 nitrogen and oxygen atoms in total. The Morgan fingerprint density at radius 3 is 2.38 bits per heavy atom. The molecule has 21 heavy (non-hydrogen) atoms. The quantitative estimate of drug-likeness (QED) is 0.803. The number of fused-ring (bicyclic) bond motifs is 2. The second-order valence-electron chi connectivity index (χ2n) is 9.14. The molecule has 0 aromatic heterocycles. The van der Waals surface area contributed by atoms with Crippen molar-refractivity contribution in [2.75, 3.05) is 0 Å². The van der Waals surface area contributed by atoms with Crippen LogP contribution < -0.4 is 5.32 Å². The molecule has 3 heteroatoms. The standard InChI is InChI=1S/C18H30N2O/c1-12-19-18(8-5-6-9-18)15(21)20(12)14-16(2,3)13-7-10-17(14,4)11-13/h12-14,19H,5-11H2,1-4H3. The molecule has 1 spiro atoms. The summed E-state index contributed by atoms with van der Waals surface area (Å²) in [5, 5.41) is 3.70. The fourth-order valence-electron chi connectivity index (χ4n) is 6.60. The lowest BCUT2D eigenvalue weighted by molar-refractivity contribution is -0.141. The smallest absolute Gasteiger partial charge is 0.244 e. The molecule has 4 aliphatic rings. The van der Waals surface area contributed by atoms with E-state index < -0.39 is 0 Å². The van der Waals surface area contributed by atoms with Crippen LogP contribution in [0.4, 0.5) is 0 Å². The van der Waals surface area contributed by atoms with Gasteiger partial charge in [0.15, 0.2) is 0 Å². The van der Waals surface area contributed by atoms with Crippen molar-refractivity contribution in [1.82, 2.24) is 10.2 Å². The van der Waals surface area contributed by atoms with E-state index in [1.54, 1.807) is 0 Å². The summed E-state index contributed by atoms with van der Waals surface area (Å²) in [5.74, 6) is 1.21. The van der Waals surface area contributed by atoms with Crippen LogP contribution >= 0.6 is 0 Å². The van der Waals surface area contributed by atoms with Gasteiger partial charge in [0.2, 0.25) is 5.91 Å². The number of rotatable bonds is 1. The minimum Gasteiger partial charge on any atom is -0.322 e. The number of carbonyl (C=O) groups is 1. The van der Waals surface area contributed by atoms with Gasteiger partial charge >= 0.3 is 0 Å². The van der Waals surface area contributed by atoms with E-state index in [0.29, 0.717) is 17.4 Å². The third-order valence-electron chi connectivity index (χ3n) is 7.48. The van der Waals surface area contributed by atoms with E-state index in [4.69, 9.17) is 0 Å². The molecule has 1 saturated heterocycles. The molecule has 3 aliphatic carbocycles. The lowest BCUT2D eigenvalue weighted by atomic mass is 9.67. The van der Waals surface area contributed by atoms with E-state index in [2.05, 4.69) is 37.9 Å². The number of carbonyl (C=O) groups excluding carboxylic acids is 1. The lowest BCUT2D eigenvalue weighted by Crippen LogP contribution is -2.56. The molecule has 1 amide bonds. The molecule has 1 N–H and O–H groups in total. The summed E-state index contributed by atoms with van der Waals surface area (Å²) in [4.78, 5) is 15.6. The molecule has 2 bridgehead atoms. The molecule has 1 aliphatic heterocycles. The first kappa shape index (κ1) is 14.0. The zero-order valence-corrected chi connectivity index (χ0v) is 14.0. The van der Waals surface area contributed by atoms with Crippen LogP contribution in [0.15, 0.2) is 0 Å². The van der Waals surface area contributed by atoms with Crippen molar-refractivity contribution in [3.05, 3.63) is 0 Å². The third kappa shape index (κ3) is 1.62. The largest absolute Gasteiger partial charge is 0.322 e. The van der Waals surface area contributed by atoms with Crippen LogP contribution in [-0.4, -0.2) is 28.6 Å². The molecule has 1 heterocycles. The highest BCUT2D eigenvalue weighted by atomic mass is 16.2. The Labute approximate surface area is 128 Å². The molecule has 118 valence electrons. The monoisotopic (exact) mass is 290 g/mol. The number of amides is 1. The molecular formula is C18H30N2O. The van der Waals surface area contributed by atoms with Gasteiger partial charge in [-0.1, -0.05) is 33.6 Å². The average Bonchev–Trinajstić information content (AvgIpc) is 3.09. The van der Waals surface area contributed by atoms with Crippen LogP contribution in [0, 0.1) is 16.7 Å². The van der Waals surface area contributed by atoms with Gasteiger partial charge in [-0.15, -0.1) is 0 Å². The van der Waals surface area contributed by atoms with Crippen LogP contribution in [0.1, 0.15) is 72.6 Å². The molecule has 0 aromatic rings. The first-order valence-corrected chi connectivity index (χ1v) is 8.91. The fourth-order valence-corrected chi connectivity index (χ4v) is 6.60. The summed E-state index contributed by atoms with van der Waals surface area (Å²) >= 11 is 0. The third-order valence-corrected chi connectivity index (χ3v) is 7.48. The van der Waals surface area contributed by atoms with Crippen molar-refractivity contribution in [2.45, 2.75) is 90.4 Å². The van der Waals surface area contributed by atoms with Crippen LogP contribution in [0.5, 0.6) is 0 Å². The molecule has 3 saturated carbocycles. The van der Waals surface area contributed by atoms with Gasteiger partial charge in [-0.25, -0.2) is 0 Å². The maximum Gasteiger partial charge on any atom is 0.244 e. The topological polar surface area (TPSA) is 32.3 Å². The van der Waals surface area contributed by atoms with Gasteiger partial charge in [-0.2, -0.15) is 0 Å². The van der Waals surface area contributed by atoms with Gasteiger partial charge in [0, 0.05) is 6.04 Å².